The highest BCUT2D eigenvalue weighted by Crippen LogP contribution is 2.23. The van der Waals surface area contributed by atoms with Crippen molar-refractivity contribution in [1.82, 2.24) is 10.6 Å². The lowest BCUT2D eigenvalue weighted by Gasteiger charge is -2.30. The highest BCUT2D eigenvalue weighted by molar-refractivity contribution is 14.0. The number of aryl methyl sites for hydroxylation is 2. The van der Waals surface area contributed by atoms with Crippen LogP contribution in [-0.4, -0.2) is 40.3 Å². The van der Waals surface area contributed by atoms with E-state index in [1.807, 2.05) is 6.92 Å². The van der Waals surface area contributed by atoms with Gasteiger partial charge in [0.1, 0.15) is 0 Å². The Labute approximate surface area is 184 Å². The molecule has 0 spiro atoms. The van der Waals surface area contributed by atoms with Gasteiger partial charge < -0.3 is 10.6 Å². The van der Waals surface area contributed by atoms with Crippen molar-refractivity contribution in [3.63, 3.8) is 0 Å². The van der Waals surface area contributed by atoms with Gasteiger partial charge in [-0.2, -0.15) is 0 Å². The fourth-order valence-electron chi connectivity index (χ4n) is 3.77. The van der Waals surface area contributed by atoms with Crippen LogP contribution in [0.1, 0.15) is 56.2 Å². The summed E-state index contributed by atoms with van der Waals surface area (Å²) in [6.07, 6.45) is 5.32. The molecule has 27 heavy (non-hydrogen) atoms. The first-order valence-electron chi connectivity index (χ1n) is 10.0. The highest BCUT2D eigenvalue weighted by atomic mass is 127. The summed E-state index contributed by atoms with van der Waals surface area (Å²) in [4.78, 5) is 4.77. The van der Waals surface area contributed by atoms with Gasteiger partial charge in [-0.1, -0.05) is 42.7 Å². The first-order chi connectivity index (χ1) is 12.5. The second-order valence-corrected chi connectivity index (χ2v) is 9.31. The molecule has 0 bridgehead atoms. The molecule has 154 valence electrons. The van der Waals surface area contributed by atoms with Crippen molar-refractivity contribution in [2.45, 2.75) is 71.1 Å². The first-order valence-corrected chi connectivity index (χ1v) is 11.4. The van der Waals surface area contributed by atoms with Crippen LogP contribution in [-0.2, 0) is 17.2 Å². The molecule has 2 N–H and O–H groups in total. The number of guanidine groups is 1. The molecule has 4 nitrogen and oxygen atoms in total. The Balaban J connectivity index is 0.00000364. The maximum absolute atomic E-state index is 12.1. The highest BCUT2D eigenvalue weighted by Gasteiger charge is 2.25. The largest absolute Gasteiger partial charge is 0.357 e. The number of hydrogen-bond donors (Lipinski definition) is 2. The average Bonchev–Trinajstić information content (AvgIpc) is 2.60. The Bertz CT molecular complexity index is 616. The van der Waals surface area contributed by atoms with Gasteiger partial charge in [0.15, 0.2) is 5.96 Å². The third kappa shape index (κ3) is 8.50. The van der Waals surface area contributed by atoms with E-state index in [9.17, 15) is 4.21 Å². The Morgan fingerprint density at radius 1 is 1.19 bits per heavy atom. The average molecular weight is 506 g/mol. The minimum atomic E-state index is -0.688. The zero-order valence-corrected chi connectivity index (χ0v) is 20.4. The van der Waals surface area contributed by atoms with E-state index in [2.05, 4.69) is 49.6 Å². The lowest BCUT2D eigenvalue weighted by molar-refractivity contribution is 0.413. The standard InChI is InChI=1S/C21H35N3OS.HI/c1-5-22-21(23-11-10-18-13-16(3)12-17(4)14-18)24-19-8-7-9-20(15-19)26(25)6-2;/h12-14,19-20H,5-11,15H2,1-4H3,(H2,22,23,24);1H. The van der Waals surface area contributed by atoms with Crippen LogP contribution in [0.5, 0.6) is 0 Å². The van der Waals surface area contributed by atoms with E-state index in [-0.39, 0.29) is 24.0 Å². The molecule has 1 aromatic rings. The topological polar surface area (TPSA) is 53.5 Å². The number of nitrogens with zero attached hydrogens (tertiary/aromatic N) is 1. The summed E-state index contributed by atoms with van der Waals surface area (Å²) in [5.74, 6) is 1.66. The van der Waals surface area contributed by atoms with Crippen LogP contribution in [0.3, 0.4) is 0 Å². The predicted octanol–water partition coefficient (Wildman–Crippen LogP) is 4.10. The van der Waals surface area contributed by atoms with E-state index in [0.717, 1.165) is 56.9 Å². The summed E-state index contributed by atoms with van der Waals surface area (Å²) in [5.41, 5.74) is 3.97. The Hall–Kier alpha value is -0.630. The van der Waals surface area contributed by atoms with Gasteiger partial charge in [-0.15, -0.1) is 24.0 Å². The van der Waals surface area contributed by atoms with Crippen LogP contribution in [0.25, 0.3) is 0 Å². The number of benzene rings is 1. The van der Waals surface area contributed by atoms with Gasteiger partial charge in [-0.25, -0.2) is 0 Å². The molecule has 0 radical (unpaired) electrons. The third-order valence-electron chi connectivity index (χ3n) is 4.92. The van der Waals surface area contributed by atoms with Crippen molar-refractivity contribution in [3.05, 3.63) is 34.9 Å². The molecule has 1 fully saturated rings. The molecule has 0 saturated heterocycles. The molecule has 6 heteroatoms. The van der Waals surface area contributed by atoms with Gasteiger partial charge in [0.05, 0.1) is 0 Å². The van der Waals surface area contributed by atoms with Crippen LogP contribution in [0.4, 0.5) is 0 Å². The van der Waals surface area contributed by atoms with Crippen molar-refractivity contribution < 1.29 is 4.21 Å². The summed E-state index contributed by atoms with van der Waals surface area (Å²) >= 11 is 0. The molecular formula is C21H36IN3OS. The second kappa shape index (κ2) is 12.8. The zero-order valence-electron chi connectivity index (χ0n) is 17.2. The number of hydrogen-bond acceptors (Lipinski definition) is 2. The SMILES string of the molecule is CCNC(=NCCc1cc(C)cc(C)c1)NC1CCCC(S(=O)CC)C1.I. The van der Waals surface area contributed by atoms with E-state index in [0.29, 0.717) is 11.3 Å². The van der Waals surface area contributed by atoms with Gasteiger partial charge in [-0.3, -0.25) is 9.20 Å². The van der Waals surface area contributed by atoms with Crippen LogP contribution in [0.15, 0.2) is 23.2 Å². The molecule has 0 aliphatic heterocycles. The van der Waals surface area contributed by atoms with Crippen molar-refractivity contribution in [1.29, 1.82) is 0 Å². The number of rotatable bonds is 7. The van der Waals surface area contributed by atoms with E-state index < -0.39 is 10.8 Å². The molecule has 3 atom stereocenters. The molecule has 1 saturated carbocycles. The maximum atomic E-state index is 12.1. The Kier molecular flexibility index (Phi) is 11.5. The molecular weight excluding hydrogens is 469 g/mol. The van der Waals surface area contributed by atoms with E-state index >= 15 is 0 Å². The molecule has 1 aromatic carbocycles. The van der Waals surface area contributed by atoms with Gasteiger partial charge >= 0.3 is 0 Å². The molecule has 0 aromatic heterocycles. The van der Waals surface area contributed by atoms with Gasteiger partial charge in [0.25, 0.3) is 0 Å². The zero-order chi connectivity index (χ0) is 18.9. The predicted molar refractivity (Wildman–Crippen MR) is 129 cm³/mol. The molecule has 0 heterocycles. The van der Waals surface area contributed by atoms with Gasteiger partial charge in [0.2, 0.25) is 0 Å². The van der Waals surface area contributed by atoms with Crippen molar-refractivity contribution in [3.8, 4) is 0 Å². The maximum Gasteiger partial charge on any atom is 0.191 e. The lowest BCUT2D eigenvalue weighted by Crippen LogP contribution is -2.46. The summed E-state index contributed by atoms with van der Waals surface area (Å²) < 4.78 is 12.1. The van der Waals surface area contributed by atoms with Gasteiger partial charge in [-0.05, 0) is 52.0 Å². The molecule has 1 aliphatic rings. The molecule has 1 aliphatic carbocycles. The summed E-state index contributed by atoms with van der Waals surface area (Å²) in [6, 6.07) is 7.07. The van der Waals surface area contributed by atoms with Crippen LogP contribution < -0.4 is 10.6 Å². The Morgan fingerprint density at radius 3 is 2.52 bits per heavy atom. The number of nitrogens with one attached hydrogen (secondary N) is 2. The van der Waals surface area contributed by atoms with E-state index in [1.165, 1.54) is 16.7 Å². The van der Waals surface area contributed by atoms with E-state index in [4.69, 9.17) is 4.99 Å². The van der Waals surface area contributed by atoms with Gasteiger partial charge in [0, 0.05) is 40.9 Å². The van der Waals surface area contributed by atoms with Crippen LogP contribution >= 0.6 is 24.0 Å². The van der Waals surface area contributed by atoms with Crippen LogP contribution in [0.2, 0.25) is 0 Å². The fourth-order valence-corrected chi connectivity index (χ4v) is 5.12. The van der Waals surface area contributed by atoms with Crippen LogP contribution in [0, 0.1) is 13.8 Å². The lowest BCUT2D eigenvalue weighted by atomic mass is 9.95. The number of halogens is 1. The minimum absolute atomic E-state index is 0. The summed E-state index contributed by atoms with van der Waals surface area (Å²) in [5, 5.41) is 7.28. The van der Waals surface area contributed by atoms with Crippen molar-refractivity contribution in [2.24, 2.45) is 4.99 Å². The smallest absolute Gasteiger partial charge is 0.191 e. The Morgan fingerprint density at radius 2 is 1.89 bits per heavy atom. The molecule has 2 rings (SSSR count). The first kappa shape index (κ1) is 24.4. The summed E-state index contributed by atoms with van der Waals surface area (Å²) in [6.45, 7) is 10.0. The fraction of sp³-hybridized carbons (Fsp3) is 0.667. The van der Waals surface area contributed by atoms with E-state index in [1.54, 1.807) is 0 Å². The minimum Gasteiger partial charge on any atom is -0.357 e. The monoisotopic (exact) mass is 505 g/mol. The summed E-state index contributed by atoms with van der Waals surface area (Å²) in [7, 11) is -0.688. The van der Waals surface area contributed by atoms with Crippen molar-refractivity contribution in [2.75, 3.05) is 18.8 Å². The van der Waals surface area contributed by atoms with Crippen molar-refractivity contribution >= 4 is 40.7 Å². The molecule has 3 unspecified atom stereocenters. The third-order valence-corrected chi connectivity index (χ3v) is 6.66. The second-order valence-electron chi connectivity index (χ2n) is 7.31. The number of aliphatic imine (C=N–C) groups is 1. The normalized spacial score (nSPS) is 21.3. The quantitative estimate of drug-likeness (QED) is 0.334. The molecule has 0 amide bonds.